The van der Waals surface area contributed by atoms with Gasteiger partial charge in [0.15, 0.2) is 17.3 Å². The highest BCUT2D eigenvalue weighted by molar-refractivity contribution is 5.86. The molecular weight excluding hydrogens is 444 g/mol. The van der Waals surface area contributed by atoms with Crippen molar-refractivity contribution in [3.8, 4) is 28.5 Å². The van der Waals surface area contributed by atoms with Gasteiger partial charge in [-0.15, -0.1) is 0 Å². The average Bonchev–Trinajstić information content (AvgIpc) is 3.24. The third-order valence-electron chi connectivity index (χ3n) is 4.56. The number of aromatic nitrogens is 3. The molecule has 4 rings (SSSR count). The minimum Gasteiger partial charge on any atom is -0.452 e. The number of ether oxygens (including phenoxy) is 2. The van der Waals surface area contributed by atoms with E-state index in [1.807, 2.05) is 13.2 Å². The summed E-state index contributed by atoms with van der Waals surface area (Å²) < 4.78 is 40.3. The van der Waals surface area contributed by atoms with Crippen LogP contribution in [0.25, 0.3) is 17.3 Å². The van der Waals surface area contributed by atoms with Gasteiger partial charge in [0, 0.05) is 36.8 Å². The predicted octanol–water partition coefficient (Wildman–Crippen LogP) is 5.09. The highest BCUT2D eigenvalue weighted by Gasteiger charge is 2.14. The van der Waals surface area contributed by atoms with E-state index in [1.54, 1.807) is 23.2 Å². The van der Waals surface area contributed by atoms with Crippen molar-refractivity contribution in [3.63, 3.8) is 0 Å². The van der Waals surface area contributed by atoms with Gasteiger partial charge >= 0.3 is 6.09 Å². The van der Waals surface area contributed by atoms with Gasteiger partial charge in [0.1, 0.15) is 17.3 Å². The number of amides is 1. The van der Waals surface area contributed by atoms with E-state index in [0.717, 1.165) is 18.2 Å². The van der Waals surface area contributed by atoms with Gasteiger partial charge in [-0.05, 0) is 54.7 Å². The lowest BCUT2D eigenvalue weighted by Crippen LogP contribution is -2.16. The highest BCUT2D eigenvalue weighted by Crippen LogP contribution is 2.32. The molecule has 0 fully saturated rings. The van der Waals surface area contributed by atoms with Crippen molar-refractivity contribution in [2.45, 2.75) is 0 Å². The summed E-state index contributed by atoms with van der Waals surface area (Å²) in [6.07, 6.45) is 7.03. The zero-order valence-corrected chi connectivity index (χ0v) is 17.9. The Morgan fingerprint density at radius 1 is 1.09 bits per heavy atom. The van der Waals surface area contributed by atoms with E-state index in [9.17, 15) is 13.6 Å². The summed E-state index contributed by atoms with van der Waals surface area (Å²) in [4.78, 5) is 20.6. The standard InChI is InChI=1S/C24H19F2N5O3/c1-31-13-21(29-14-31)15-10-23(20(8-9-27)28-12-15)34-22-7-4-17(11-19(22)26)30-24(32)33-18-5-2-16(25)3-6-18/h2-14H,27H2,1H3,(H,30,32). The van der Waals surface area contributed by atoms with E-state index in [0.29, 0.717) is 17.0 Å². The second kappa shape index (κ2) is 9.82. The Kier molecular flexibility index (Phi) is 6.49. The van der Waals surface area contributed by atoms with Crippen LogP contribution in [-0.4, -0.2) is 20.6 Å². The fraction of sp³-hybridized carbons (Fsp3) is 0.0417. The second-order valence-corrected chi connectivity index (χ2v) is 7.11. The maximum atomic E-state index is 14.8. The molecule has 0 spiro atoms. The molecule has 2 heterocycles. The largest absolute Gasteiger partial charge is 0.452 e. The molecule has 0 saturated carbocycles. The molecule has 3 N–H and O–H groups in total. The Morgan fingerprint density at radius 2 is 1.88 bits per heavy atom. The lowest BCUT2D eigenvalue weighted by Gasteiger charge is -2.12. The number of pyridine rings is 1. The smallest absolute Gasteiger partial charge is 0.417 e. The van der Waals surface area contributed by atoms with Gasteiger partial charge in [0.05, 0.1) is 12.0 Å². The number of benzene rings is 2. The highest BCUT2D eigenvalue weighted by atomic mass is 19.1. The normalized spacial score (nSPS) is 10.9. The molecule has 2 aromatic heterocycles. The summed E-state index contributed by atoms with van der Waals surface area (Å²) in [7, 11) is 1.84. The van der Waals surface area contributed by atoms with Crippen LogP contribution >= 0.6 is 0 Å². The van der Waals surface area contributed by atoms with E-state index in [1.165, 1.54) is 36.5 Å². The molecule has 172 valence electrons. The van der Waals surface area contributed by atoms with Gasteiger partial charge in [0.2, 0.25) is 0 Å². The maximum Gasteiger partial charge on any atom is 0.417 e. The van der Waals surface area contributed by atoms with E-state index >= 15 is 0 Å². The van der Waals surface area contributed by atoms with E-state index in [2.05, 4.69) is 15.3 Å². The molecule has 0 unspecified atom stereocenters. The molecule has 1 amide bonds. The molecule has 8 nitrogen and oxygen atoms in total. The number of hydrogen-bond acceptors (Lipinski definition) is 6. The first-order valence-corrected chi connectivity index (χ1v) is 10.00. The SMILES string of the molecule is Cn1cnc(-c2cnc(C=CN)c(Oc3ccc(NC(=O)Oc4ccc(F)cc4)cc3F)c2)c1. The number of imidazole rings is 1. The van der Waals surface area contributed by atoms with Crippen LogP contribution in [0.15, 0.2) is 73.5 Å². The molecule has 0 aliphatic carbocycles. The Balaban J connectivity index is 1.51. The number of carbonyl (C=O) groups is 1. The van der Waals surface area contributed by atoms with Crippen molar-refractivity contribution in [2.75, 3.05) is 5.32 Å². The maximum absolute atomic E-state index is 14.8. The first kappa shape index (κ1) is 22.5. The van der Waals surface area contributed by atoms with Gasteiger partial charge < -0.3 is 19.8 Å². The van der Waals surface area contributed by atoms with Crippen LogP contribution in [0.5, 0.6) is 17.2 Å². The Labute approximate surface area is 193 Å². The van der Waals surface area contributed by atoms with Crippen molar-refractivity contribution in [1.29, 1.82) is 0 Å². The number of anilines is 1. The van der Waals surface area contributed by atoms with Gasteiger partial charge in [-0.1, -0.05) is 0 Å². The lowest BCUT2D eigenvalue weighted by atomic mass is 10.2. The molecule has 4 aromatic rings. The lowest BCUT2D eigenvalue weighted by molar-refractivity contribution is 0.215. The molecule has 0 atom stereocenters. The summed E-state index contributed by atoms with van der Waals surface area (Å²) in [6.45, 7) is 0. The van der Waals surface area contributed by atoms with Crippen LogP contribution in [0.4, 0.5) is 19.3 Å². The number of nitrogens with zero attached hydrogens (tertiary/aromatic N) is 3. The number of hydrogen-bond donors (Lipinski definition) is 2. The second-order valence-electron chi connectivity index (χ2n) is 7.11. The van der Waals surface area contributed by atoms with E-state index in [4.69, 9.17) is 15.2 Å². The van der Waals surface area contributed by atoms with Crippen molar-refractivity contribution in [2.24, 2.45) is 12.8 Å². The third-order valence-corrected chi connectivity index (χ3v) is 4.56. The molecule has 10 heteroatoms. The molecule has 0 aliphatic heterocycles. The number of nitrogens with two attached hydrogens (primary N) is 1. The van der Waals surface area contributed by atoms with Gasteiger partial charge in [-0.3, -0.25) is 10.3 Å². The van der Waals surface area contributed by atoms with Gasteiger partial charge in [0.25, 0.3) is 0 Å². The number of nitrogens with one attached hydrogen (secondary N) is 1. The number of carbonyl (C=O) groups excluding carboxylic acids is 1. The Morgan fingerprint density at radius 3 is 2.56 bits per heavy atom. The Hall–Kier alpha value is -4.73. The van der Waals surface area contributed by atoms with Crippen LogP contribution in [0.2, 0.25) is 0 Å². The molecule has 2 aromatic carbocycles. The van der Waals surface area contributed by atoms with Crippen LogP contribution in [0.1, 0.15) is 5.69 Å². The molecule has 34 heavy (non-hydrogen) atoms. The van der Waals surface area contributed by atoms with E-state index < -0.39 is 17.7 Å². The summed E-state index contributed by atoms with van der Waals surface area (Å²) in [5, 5.41) is 2.40. The fourth-order valence-electron chi connectivity index (χ4n) is 2.99. The number of aryl methyl sites for hydroxylation is 1. The van der Waals surface area contributed by atoms with Crippen molar-refractivity contribution in [3.05, 3.63) is 90.8 Å². The van der Waals surface area contributed by atoms with Crippen LogP contribution in [0.3, 0.4) is 0 Å². The van der Waals surface area contributed by atoms with Crippen molar-refractivity contribution >= 4 is 17.9 Å². The van der Waals surface area contributed by atoms with Gasteiger partial charge in [-0.2, -0.15) is 0 Å². The van der Waals surface area contributed by atoms with E-state index in [-0.39, 0.29) is 22.9 Å². The van der Waals surface area contributed by atoms with Crippen LogP contribution in [-0.2, 0) is 7.05 Å². The summed E-state index contributed by atoms with van der Waals surface area (Å²) in [5.41, 5.74) is 7.37. The molecule has 0 aliphatic rings. The molecule has 0 saturated heterocycles. The summed E-state index contributed by atoms with van der Waals surface area (Å²) in [6, 6.07) is 10.5. The summed E-state index contributed by atoms with van der Waals surface area (Å²) >= 11 is 0. The average molecular weight is 463 g/mol. The number of rotatable bonds is 6. The molecular formula is C24H19F2N5O3. The van der Waals surface area contributed by atoms with Crippen LogP contribution in [0, 0.1) is 11.6 Å². The van der Waals surface area contributed by atoms with Crippen molar-refractivity contribution < 1.29 is 23.0 Å². The topological polar surface area (TPSA) is 104 Å². The Bertz CT molecular complexity index is 1350. The minimum absolute atomic E-state index is 0.0934. The first-order chi connectivity index (χ1) is 16.4. The number of halogens is 2. The first-order valence-electron chi connectivity index (χ1n) is 10.00. The quantitative estimate of drug-likeness (QED) is 0.413. The summed E-state index contributed by atoms with van der Waals surface area (Å²) in [5.74, 6) is -0.883. The zero-order chi connectivity index (χ0) is 24.1. The minimum atomic E-state index is -0.859. The van der Waals surface area contributed by atoms with Crippen LogP contribution < -0.4 is 20.5 Å². The monoisotopic (exact) mass is 463 g/mol. The van der Waals surface area contributed by atoms with Gasteiger partial charge in [-0.25, -0.2) is 18.6 Å². The third kappa shape index (κ3) is 5.36. The predicted molar refractivity (Wildman–Crippen MR) is 122 cm³/mol. The van der Waals surface area contributed by atoms with Crippen molar-refractivity contribution in [1.82, 2.24) is 14.5 Å². The fourth-order valence-corrected chi connectivity index (χ4v) is 2.99. The molecule has 0 radical (unpaired) electrons. The zero-order valence-electron chi connectivity index (χ0n) is 17.9. The molecule has 0 bridgehead atoms.